The van der Waals surface area contributed by atoms with Crippen LogP contribution in [0.3, 0.4) is 0 Å². The fourth-order valence-electron chi connectivity index (χ4n) is 5.11. The maximum absolute atomic E-state index is 11.9. The molecule has 0 radical (unpaired) electrons. The van der Waals surface area contributed by atoms with Gasteiger partial charge < -0.3 is 10.4 Å². The van der Waals surface area contributed by atoms with Crippen LogP contribution in [0, 0.1) is 26.1 Å². The summed E-state index contributed by atoms with van der Waals surface area (Å²) in [4.78, 5) is 34.8. The normalized spacial score (nSPS) is 25.6. The molecule has 0 aromatic heterocycles. The number of rotatable bonds is 7. The molecule has 1 saturated carbocycles. The zero-order valence-corrected chi connectivity index (χ0v) is 19.2. The van der Waals surface area contributed by atoms with Crippen LogP contribution >= 0.6 is 23.4 Å². The molecule has 33 heavy (non-hydrogen) atoms. The van der Waals surface area contributed by atoms with Crippen LogP contribution in [0.4, 0.5) is 17.1 Å². The predicted molar refractivity (Wildman–Crippen MR) is 126 cm³/mol. The van der Waals surface area contributed by atoms with Gasteiger partial charge in [0.15, 0.2) is 0 Å². The third-order valence-electron chi connectivity index (χ3n) is 6.43. The molecule has 0 amide bonds. The second-order valence-corrected chi connectivity index (χ2v) is 10.1. The molecular weight excluding hydrogens is 470 g/mol. The van der Waals surface area contributed by atoms with Crippen molar-refractivity contribution in [3.05, 3.63) is 67.8 Å². The first-order chi connectivity index (χ1) is 15.7. The summed E-state index contributed by atoms with van der Waals surface area (Å²) in [5.41, 5.74) is 0.397. The van der Waals surface area contributed by atoms with Crippen molar-refractivity contribution in [2.75, 3.05) is 5.32 Å². The van der Waals surface area contributed by atoms with Gasteiger partial charge in [-0.2, -0.15) is 0 Å². The fourth-order valence-corrected chi connectivity index (χ4v) is 7.05. The van der Waals surface area contributed by atoms with E-state index in [0.717, 1.165) is 12.8 Å². The number of halogens is 1. The average molecular weight is 492 g/mol. The van der Waals surface area contributed by atoms with Gasteiger partial charge in [0, 0.05) is 29.3 Å². The number of nitro benzene ring substituents is 2. The highest BCUT2D eigenvalue weighted by atomic mass is 35.5. The summed E-state index contributed by atoms with van der Waals surface area (Å²) in [5, 5.41) is 35.5. The van der Waals surface area contributed by atoms with E-state index in [2.05, 4.69) is 5.32 Å². The minimum Gasteiger partial charge on any atom is -0.478 e. The summed E-state index contributed by atoms with van der Waals surface area (Å²) in [5.74, 6) is -1.68. The number of hydrogen-bond acceptors (Lipinski definition) is 7. The first kappa shape index (κ1) is 23.3. The second-order valence-electron chi connectivity index (χ2n) is 8.27. The number of fused-ring (bicyclic) bond motifs is 3. The second kappa shape index (κ2) is 9.18. The van der Waals surface area contributed by atoms with Crippen LogP contribution < -0.4 is 5.32 Å². The monoisotopic (exact) mass is 491 g/mol. The van der Waals surface area contributed by atoms with Crippen LogP contribution in [-0.2, 0) is 0 Å². The Kier molecular flexibility index (Phi) is 6.49. The maximum atomic E-state index is 11.9. The third kappa shape index (κ3) is 4.13. The molecule has 2 aromatic carbocycles. The summed E-state index contributed by atoms with van der Waals surface area (Å²) in [6, 6.07) is 8.82. The number of aromatic carboxylic acids is 1. The number of nitrogens with one attached hydrogen (secondary N) is 1. The van der Waals surface area contributed by atoms with Crippen molar-refractivity contribution >= 4 is 46.4 Å². The number of anilines is 1. The summed E-state index contributed by atoms with van der Waals surface area (Å²) in [7, 11) is 0. The maximum Gasteiger partial charge on any atom is 0.337 e. The van der Waals surface area contributed by atoms with Crippen molar-refractivity contribution in [2.45, 2.75) is 53.7 Å². The van der Waals surface area contributed by atoms with Gasteiger partial charge in [0.05, 0.1) is 36.9 Å². The molecule has 174 valence electrons. The number of alkyl halides is 1. The SMILES string of the molecule is CCC[C@H]1Nc2c(C(=O)O)ccc([N+](=O)[O-])c2[C@@H]2[C@@H](Cl)[C@@H](Sc3ccccc3[N+](=O)[O-])C[C@H]21. The molecular formula is C22H22ClN3O6S. The van der Waals surface area contributed by atoms with Crippen LogP contribution in [0.15, 0.2) is 41.3 Å². The Labute approximate surface area is 198 Å². The van der Waals surface area contributed by atoms with E-state index in [1.807, 2.05) is 6.92 Å². The van der Waals surface area contributed by atoms with Crippen LogP contribution in [0.2, 0.25) is 0 Å². The molecule has 0 unspecified atom stereocenters. The lowest BCUT2D eigenvalue weighted by molar-refractivity contribution is -0.387. The van der Waals surface area contributed by atoms with Gasteiger partial charge in [-0.15, -0.1) is 23.4 Å². The molecule has 2 aliphatic rings. The van der Waals surface area contributed by atoms with Gasteiger partial charge in [-0.3, -0.25) is 20.2 Å². The topological polar surface area (TPSA) is 136 Å². The van der Waals surface area contributed by atoms with Crippen molar-refractivity contribution < 1.29 is 19.7 Å². The summed E-state index contributed by atoms with van der Waals surface area (Å²) in [6.07, 6.45) is 2.18. The molecule has 9 nitrogen and oxygen atoms in total. The van der Waals surface area contributed by atoms with Gasteiger partial charge in [-0.1, -0.05) is 25.5 Å². The summed E-state index contributed by atoms with van der Waals surface area (Å²) in [6.45, 7) is 2.02. The van der Waals surface area contributed by atoms with Gasteiger partial charge in [-0.05, 0) is 30.9 Å². The van der Waals surface area contributed by atoms with Gasteiger partial charge in [0.2, 0.25) is 0 Å². The van der Waals surface area contributed by atoms with Crippen LogP contribution in [0.1, 0.15) is 48.0 Å². The Hall–Kier alpha value is -2.85. The summed E-state index contributed by atoms with van der Waals surface area (Å²) < 4.78 is 0. The van der Waals surface area contributed by atoms with Crippen molar-refractivity contribution in [1.82, 2.24) is 0 Å². The van der Waals surface area contributed by atoms with Gasteiger partial charge >= 0.3 is 5.97 Å². The van der Waals surface area contributed by atoms with E-state index in [1.165, 1.54) is 30.0 Å². The minimum absolute atomic E-state index is 0.0102. The average Bonchev–Trinajstić information content (AvgIpc) is 3.09. The highest BCUT2D eigenvalue weighted by Gasteiger charge is 2.52. The van der Waals surface area contributed by atoms with E-state index in [1.54, 1.807) is 18.2 Å². The molecule has 11 heteroatoms. The number of benzene rings is 2. The molecule has 2 N–H and O–H groups in total. The van der Waals surface area contributed by atoms with Crippen molar-refractivity contribution in [3.63, 3.8) is 0 Å². The van der Waals surface area contributed by atoms with E-state index in [4.69, 9.17) is 11.6 Å². The Morgan fingerprint density at radius 1 is 1.18 bits per heavy atom. The molecule has 2 aromatic rings. The van der Waals surface area contributed by atoms with E-state index >= 15 is 0 Å². The number of carboxylic acids is 1. The molecule has 1 heterocycles. The van der Waals surface area contributed by atoms with Crippen molar-refractivity contribution in [3.8, 4) is 0 Å². The highest BCUT2D eigenvalue weighted by molar-refractivity contribution is 8.00. The molecule has 1 aliphatic heterocycles. The lowest BCUT2D eigenvalue weighted by Gasteiger charge is -2.38. The first-order valence-electron chi connectivity index (χ1n) is 10.6. The number of carbonyl (C=O) groups is 1. The van der Waals surface area contributed by atoms with Crippen molar-refractivity contribution in [2.24, 2.45) is 5.92 Å². The Bertz CT molecular complexity index is 1130. The molecule has 5 atom stereocenters. The van der Waals surface area contributed by atoms with Crippen LogP contribution in [-0.4, -0.2) is 37.6 Å². The molecule has 4 rings (SSSR count). The van der Waals surface area contributed by atoms with E-state index in [0.29, 0.717) is 16.9 Å². The highest BCUT2D eigenvalue weighted by Crippen LogP contribution is 2.57. The molecule has 1 fully saturated rings. The predicted octanol–water partition coefficient (Wildman–Crippen LogP) is 5.67. The molecule has 0 saturated heterocycles. The van der Waals surface area contributed by atoms with Crippen LogP contribution in [0.5, 0.6) is 0 Å². The number of hydrogen-bond donors (Lipinski definition) is 2. The standard InChI is InChI=1S/C22H22ClN3O6S/c1-2-5-13-12-10-17(33-16-7-4-3-6-14(16)25(29)30)20(23)18(12)19-15(26(31)32)9-8-11(22(27)28)21(19)24-13/h3-4,6-9,12-13,17-18,20,24H,2,5,10H2,1H3,(H,27,28)/t12-,13+,17-,18+,20-/m0/s1. The Morgan fingerprint density at radius 2 is 1.88 bits per heavy atom. The number of thioether (sulfide) groups is 1. The largest absolute Gasteiger partial charge is 0.478 e. The number of nitro groups is 2. The van der Waals surface area contributed by atoms with E-state index in [-0.39, 0.29) is 39.8 Å². The first-order valence-corrected chi connectivity index (χ1v) is 11.9. The Balaban J connectivity index is 1.80. The number of carboxylic acid groups (broad SMARTS) is 1. The van der Waals surface area contributed by atoms with Crippen molar-refractivity contribution in [1.29, 1.82) is 0 Å². The number of nitrogens with zero attached hydrogens (tertiary/aromatic N) is 2. The smallest absolute Gasteiger partial charge is 0.337 e. The van der Waals surface area contributed by atoms with E-state index in [9.17, 15) is 30.1 Å². The van der Waals surface area contributed by atoms with Gasteiger partial charge in [0.1, 0.15) is 0 Å². The van der Waals surface area contributed by atoms with Crippen LogP contribution in [0.25, 0.3) is 0 Å². The van der Waals surface area contributed by atoms with Gasteiger partial charge in [0.25, 0.3) is 11.4 Å². The lowest BCUT2D eigenvalue weighted by Crippen LogP contribution is -2.38. The van der Waals surface area contributed by atoms with E-state index < -0.39 is 27.1 Å². The van der Waals surface area contributed by atoms with Gasteiger partial charge in [-0.25, -0.2) is 4.79 Å². The zero-order valence-electron chi connectivity index (χ0n) is 17.6. The quantitative estimate of drug-likeness (QED) is 0.287. The molecule has 0 bridgehead atoms. The zero-order chi connectivity index (χ0) is 23.9. The fraction of sp³-hybridized carbons (Fsp3) is 0.409. The third-order valence-corrected chi connectivity index (χ3v) is 8.55. The molecule has 0 spiro atoms. The minimum atomic E-state index is -1.17. The Morgan fingerprint density at radius 3 is 2.52 bits per heavy atom. The molecule has 1 aliphatic carbocycles. The lowest BCUT2D eigenvalue weighted by atomic mass is 9.76. The number of para-hydroxylation sites is 1. The summed E-state index contributed by atoms with van der Waals surface area (Å²) >= 11 is 8.26.